The van der Waals surface area contributed by atoms with Gasteiger partial charge in [-0.15, -0.1) is 29.3 Å². The molecule has 2 heteroatoms. The fourth-order valence-electron chi connectivity index (χ4n) is 0.270. The van der Waals surface area contributed by atoms with Crippen LogP contribution in [0.25, 0.3) is 0 Å². The lowest BCUT2D eigenvalue weighted by molar-refractivity contribution is 0.894. The normalized spacial score (nSPS) is 5.75. The van der Waals surface area contributed by atoms with Crippen molar-refractivity contribution in [3.63, 3.8) is 0 Å². The Bertz CT molecular complexity index is 92.7. The van der Waals surface area contributed by atoms with E-state index in [1.807, 2.05) is 6.07 Å². The van der Waals surface area contributed by atoms with Crippen LogP contribution in [0.1, 0.15) is 19.3 Å². The van der Waals surface area contributed by atoms with Crippen molar-refractivity contribution in [2.75, 3.05) is 0 Å². The van der Waals surface area contributed by atoms with Crippen LogP contribution < -0.4 is 0 Å². The first-order valence-electron chi connectivity index (χ1n) is 2.22. The van der Waals surface area contributed by atoms with Crippen molar-refractivity contribution in [1.82, 2.24) is 0 Å². The van der Waals surface area contributed by atoms with Gasteiger partial charge in [-0.3, -0.25) is 0 Å². The molecule has 8 heavy (non-hydrogen) atoms. The zero-order chi connectivity index (χ0) is 5.54. The highest BCUT2D eigenvalue weighted by Gasteiger charge is 1.77. The molecule has 0 rings (SSSR count). The van der Waals surface area contributed by atoms with Gasteiger partial charge in [0.2, 0.25) is 0 Å². The van der Waals surface area contributed by atoms with Gasteiger partial charge in [-0.1, -0.05) is 0 Å². The van der Waals surface area contributed by atoms with Crippen LogP contribution in [0.15, 0.2) is 0 Å². The first kappa shape index (κ1) is 10.5. The molecule has 0 aliphatic carbocycles. The quantitative estimate of drug-likeness (QED) is 0.463. The summed E-state index contributed by atoms with van der Waals surface area (Å²) in [6, 6.07) is 2.01. The average Bonchev–Trinajstić information content (AvgIpc) is 1.69. The van der Waals surface area contributed by atoms with Crippen molar-refractivity contribution in [2.45, 2.75) is 19.3 Å². The maximum absolute atomic E-state index is 7.97. The van der Waals surface area contributed by atoms with Crippen molar-refractivity contribution >= 4 is 17.0 Å². The lowest BCUT2D eigenvalue weighted by Crippen LogP contribution is -1.65. The Kier molecular flexibility index (Phi) is 12.8. The zero-order valence-corrected chi connectivity index (χ0v) is 6.27. The van der Waals surface area contributed by atoms with Gasteiger partial charge in [0, 0.05) is 12.8 Å². The van der Waals surface area contributed by atoms with E-state index in [9.17, 15) is 0 Å². The van der Waals surface area contributed by atoms with E-state index in [0.29, 0.717) is 6.42 Å². The molecule has 0 saturated heterocycles. The Morgan fingerprint density at radius 1 is 1.38 bits per heavy atom. The first-order valence-corrected chi connectivity index (χ1v) is 2.22. The number of unbranched alkanes of at least 4 members (excludes halogenated alkanes) is 2. The number of nitrogens with zero attached hydrogens (tertiary/aromatic N) is 1. The second kappa shape index (κ2) is 9.73. The van der Waals surface area contributed by atoms with Gasteiger partial charge in [0.1, 0.15) is 0 Å². The second-order valence-corrected chi connectivity index (χ2v) is 1.22. The van der Waals surface area contributed by atoms with Gasteiger partial charge in [0.05, 0.1) is 6.07 Å². The molecular weight excluding hydrogens is 166 g/mol. The van der Waals surface area contributed by atoms with Gasteiger partial charge >= 0.3 is 0 Å². The molecule has 0 aromatic heterocycles. The summed E-state index contributed by atoms with van der Waals surface area (Å²) in [6.45, 7) is 0. The Morgan fingerprint density at radius 3 is 2.38 bits per heavy atom. The third-order valence-corrected chi connectivity index (χ3v) is 0.610. The summed E-state index contributed by atoms with van der Waals surface area (Å²) >= 11 is 0. The molecule has 0 saturated carbocycles. The molecular formula is C6H8BrN. The summed E-state index contributed by atoms with van der Waals surface area (Å²) in [7, 11) is 0. The third kappa shape index (κ3) is 9.11. The van der Waals surface area contributed by atoms with Gasteiger partial charge in [0.15, 0.2) is 0 Å². The van der Waals surface area contributed by atoms with Crippen LogP contribution in [0, 0.1) is 23.7 Å². The van der Waals surface area contributed by atoms with Gasteiger partial charge in [-0.05, 0) is 6.42 Å². The van der Waals surface area contributed by atoms with Crippen LogP contribution in [0.5, 0.6) is 0 Å². The monoisotopic (exact) mass is 173 g/mol. The molecule has 0 heterocycles. The number of terminal acetylenes is 1. The van der Waals surface area contributed by atoms with Crippen LogP contribution in [-0.4, -0.2) is 0 Å². The molecule has 0 spiro atoms. The van der Waals surface area contributed by atoms with E-state index in [1.165, 1.54) is 0 Å². The molecule has 0 aliphatic heterocycles. The summed E-state index contributed by atoms with van der Waals surface area (Å²) in [4.78, 5) is 0. The lowest BCUT2D eigenvalue weighted by Gasteiger charge is -1.77. The van der Waals surface area contributed by atoms with E-state index in [2.05, 4.69) is 5.92 Å². The van der Waals surface area contributed by atoms with Crippen molar-refractivity contribution in [3.05, 3.63) is 0 Å². The standard InChI is InChI=1S/C6H7N.BrH/c1-2-3-4-5-6-7;/h1H,3-5H2;1H. The predicted octanol–water partition coefficient (Wildman–Crippen LogP) is 1.89. The van der Waals surface area contributed by atoms with Crippen molar-refractivity contribution in [2.24, 2.45) is 0 Å². The highest BCUT2D eigenvalue weighted by Crippen LogP contribution is 1.88. The summed E-state index contributed by atoms with van der Waals surface area (Å²) in [5, 5.41) is 7.97. The molecule has 0 radical (unpaired) electrons. The van der Waals surface area contributed by atoms with E-state index in [-0.39, 0.29) is 17.0 Å². The lowest BCUT2D eigenvalue weighted by atomic mass is 10.3. The Morgan fingerprint density at radius 2 is 2.00 bits per heavy atom. The second-order valence-electron chi connectivity index (χ2n) is 1.22. The minimum absolute atomic E-state index is 0. The molecule has 0 N–H and O–H groups in total. The third-order valence-electron chi connectivity index (χ3n) is 0.610. The van der Waals surface area contributed by atoms with Gasteiger partial charge in [-0.25, -0.2) is 0 Å². The summed E-state index contributed by atoms with van der Waals surface area (Å²) in [5.74, 6) is 2.45. The predicted molar refractivity (Wildman–Crippen MR) is 38.6 cm³/mol. The fourth-order valence-corrected chi connectivity index (χ4v) is 0.270. The van der Waals surface area contributed by atoms with Crippen molar-refractivity contribution in [1.29, 1.82) is 5.26 Å². The smallest absolute Gasteiger partial charge is 0.0622 e. The van der Waals surface area contributed by atoms with Gasteiger partial charge in [-0.2, -0.15) is 5.26 Å². The van der Waals surface area contributed by atoms with Gasteiger partial charge < -0.3 is 0 Å². The SMILES string of the molecule is Br.C#CCCCC#N. The maximum atomic E-state index is 7.97. The molecule has 1 nitrogen and oxygen atoms in total. The van der Waals surface area contributed by atoms with Crippen LogP contribution in [0.4, 0.5) is 0 Å². The van der Waals surface area contributed by atoms with E-state index in [1.54, 1.807) is 0 Å². The molecule has 0 unspecified atom stereocenters. The minimum atomic E-state index is 0. The number of halogens is 1. The number of rotatable bonds is 2. The van der Waals surface area contributed by atoms with Crippen LogP contribution in [-0.2, 0) is 0 Å². The molecule has 0 bridgehead atoms. The minimum Gasteiger partial charge on any atom is -0.198 e. The summed E-state index contributed by atoms with van der Waals surface area (Å²) in [6.07, 6.45) is 7.07. The number of hydrogen-bond donors (Lipinski definition) is 0. The van der Waals surface area contributed by atoms with E-state index < -0.39 is 0 Å². The zero-order valence-electron chi connectivity index (χ0n) is 4.55. The van der Waals surface area contributed by atoms with E-state index in [0.717, 1.165) is 12.8 Å². The molecule has 0 atom stereocenters. The summed E-state index contributed by atoms with van der Waals surface area (Å²) < 4.78 is 0. The molecule has 0 aliphatic rings. The maximum Gasteiger partial charge on any atom is 0.0622 e. The fraction of sp³-hybridized carbons (Fsp3) is 0.500. The first-order chi connectivity index (χ1) is 3.41. The largest absolute Gasteiger partial charge is 0.198 e. The Balaban J connectivity index is 0. The van der Waals surface area contributed by atoms with Crippen LogP contribution in [0.2, 0.25) is 0 Å². The van der Waals surface area contributed by atoms with Crippen LogP contribution in [0.3, 0.4) is 0 Å². The highest BCUT2D eigenvalue weighted by molar-refractivity contribution is 8.93. The van der Waals surface area contributed by atoms with Crippen molar-refractivity contribution < 1.29 is 0 Å². The van der Waals surface area contributed by atoms with E-state index >= 15 is 0 Å². The van der Waals surface area contributed by atoms with Crippen LogP contribution >= 0.6 is 17.0 Å². The summed E-state index contributed by atoms with van der Waals surface area (Å²) in [5.41, 5.74) is 0. The van der Waals surface area contributed by atoms with E-state index in [4.69, 9.17) is 11.7 Å². The highest BCUT2D eigenvalue weighted by atomic mass is 79.9. The Hall–Kier alpha value is -0.470. The van der Waals surface area contributed by atoms with Crippen molar-refractivity contribution in [3.8, 4) is 18.4 Å². The Labute approximate surface area is 60.5 Å². The molecule has 0 aromatic rings. The molecule has 0 fully saturated rings. The average molecular weight is 174 g/mol. The molecule has 44 valence electrons. The molecule has 0 aromatic carbocycles. The van der Waals surface area contributed by atoms with Gasteiger partial charge in [0.25, 0.3) is 0 Å². The molecule has 0 amide bonds. The topological polar surface area (TPSA) is 23.8 Å². The number of hydrogen-bond acceptors (Lipinski definition) is 1. The number of nitriles is 1.